The molecule has 8 nitrogen and oxygen atoms in total. The molecule has 0 aliphatic rings. The molecule has 0 spiro atoms. The summed E-state index contributed by atoms with van der Waals surface area (Å²) in [6.45, 7) is 7.76. The van der Waals surface area contributed by atoms with Crippen LogP contribution >= 0.6 is 22.9 Å². The van der Waals surface area contributed by atoms with Crippen molar-refractivity contribution >= 4 is 46.5 Å². The number of anilines is 1. The molecule has 0 aliphatic heterocycles. The summed E-state index contributed by atoms with van der Waals surface area (Å²) in [5.74, 6) is -0.201. The van der Waals surface area contributed by atoms with Crippen molar-refractivity contribution in [3.05, 3.63) is 69.1 Å². The lowest BCUT2D eigenvalue weighted by atomic mass is 9.98. The molecule has 2 aromatic heterocycles. The van der Waals surface area contributed by atoms with Crippen LogP contribution in [-0.4, -0.2) is 33.3 Å². The lowest BCUT2D eigenvalue weighted by Gasteiger charge is -2.34. The highest BCUT2D eigenvalue weighted by molar-refractivity contribution is 7.09. The van der Waals surface area contributed by atoms with Gasteiger partial charge in [-0.2, -0.15) is 0 Å². The van der Waals surface area contributed by atoms with E-state index in [4.69, 9.17) is 16.1 Å². The molecule has 10 heteroatoms. The van der Waals surface area contributed by atoms with Crippen molar-refractivity contribution in [3.8, 4) is 0 Å². The Morgan fingerprint density at radius 2 is 1.92 bits per heavy atom. The Bertz CT molecular complexity index is 1190. The second-order valence-corrected chi connectivity index (χ2v) is 10.6. The maximum absolute atomic E-state index is 13.7. The number of nitrogens with one attached hydrogen (secondary N) is 2. The van der Waals surface area contributed by atoms with Crippen LogP contribution in [0, 0.1) is 6.92 Å². The van der Waals surface area contributed by atoms with Gasteiger partial charge in [0.2, 0.25) is 17.7 Å². The van der Waals surface area contributed by atoms with Crippen molar-refractivity contribution in [1.82, 2.24) is 15.4 Å². The van der Waals surface area contributed by atoms with E-state index in [2.05, 4.69) is 15.8 Å². The summed E-state index contributed by atoms with van der Waals surface area (Å²) in [6.07, 6.45) is 0.525. The fourth-order valence-electron chi connectivity index (χ4n) is 3.53. The van der Waals surface area contributed by atoms with Crippen LogP contribution in [0.4, 0.5) is 5.82 Å². The van der Waals surface area contributed by atoms with Crippen LogP contribution in [0.2, 0.25) is 5.02 Å². The van der Waals surface area contributed by atoms with E-state index in [1.807, 2.05) is 38.3 Å². The van der Waals surface area contributed by atoms with Gasteiger partial charge in [-0.05, 0) is 44.7 Å². The molecule has 1 aromatic carbocycles. The number of aromatic nitrogens is 1. The molecule has 0 fully saturated rings. The number of rotatable bonds is 11. The maximum Gasteiger partial charge on any atom is 0.247 e. The second kappa shape index (κ2) is 12.2. The number of nitrogens with zero attached hydrogens (tertiary/aromatic N) is 2. The molecule has 36 heavy (non-hydrogen) atoms. The number of thiophene rings is 1. The highest BCUT2D eigenvalue weighted by Crippen LogP contribution is 2.31. The molecular formula is C26H31ClN4O4S. The molecule has 0 saturated carbocycles. The van der Waals surface area contributed by atoms with E-state index in [0.29, 0.717) is 22.8 Å². The molecule has 3 amide bonds. The first kappa shape index (κ1) is 27.4. The van der Waals surface area contributed by atoms with Crippen LogP contribution in [0.25, 0.3) is 0 Å². The van der Waals surface area contributed by atoms with Gasteiger partial charge in [0.05, 0.1) is 6.54 Å². The number of hydrogen-bond donors (Lipinski definition) is 2. The molecule has 2 heterocycles. The highest BCUT2D eigenvalue weighted by Gasteiger charge is 2.35. The first-order valence-corrected chi connectivity index (χ1v) is 13.0. The minimum atomic E-state index is -0.972. The van der Waals surface area contributed by atoms with Crippen LogP contribution in [0.1, 0.15) is 62.3 Å². The summed E-state index contributed by atoms with van der Waals surface area (Å²) in [6, 6.07) is 11.4. The van der Waals surface area contributed by atoms with Gasteiger partial charge in [0.15, 0.2) is 5.82 Å². The molecule has 192 valence electrons. The van der Waals surface area contributed by atoms with E-state index < -0.39 is 11.6 Å². The lowest BCUT2D eigenvalue weighted by Crippen LogP contribution is -2.50. The standard InChI is InChI=1S/C26H31ClN4O4S/c1-5-26(3,4)29-25(34)24(19-10-6-7-11-20(19)27)31(16-18-9-8-14-36-18)23(33)13-12-22(32)28-21-15-17(2)35-30-21/h6-11,14-15,24H,5,12-13,16H2,1-4H3,(H,29,34)(H,28,30,32)/t24-/m0/s1. The van der Waals surface area contributed by atoms with Gasteiger partial charge >= 0.3 is 0 Å². The third-order valence-electron chi connectivity index (χ3n) is 5.79. The number of carbonyl (C=O) groups excluding carboxylic acids is 3. The van der Waals surface area contributed by atoms with Crippen LogP contribution in [0.15, 0.2) is 52.4 Å². The Labute approximate surface area is 220 Å². The predicted molar refractivity (Wildman–Crippen MR) is 141 cm³/mol. The molecule has 0 saturated heterocycles. The third kappa shape index (κ3) is 7.41. The summed E-state index contributed by atoms with van der Waals surface area (Å²) < 4.78 is 4.96. The van der Waals surface area contributed by atoms with Crippen LogP contribution in [0.5, 0.6) is 0 Å². The first-order valence-electron chi connectivity index (χ1n) is 11.7. The minimum absolute atomic E-state index is 0.0804. The van der Waals surface area contributed by atoms with Crippen molar-refractivity contribution in [2.24, 2.45) is 0 Å². The summed E-state index contributed by atoms with van der Waals surface area (Å²) in [5.41, 5.74) is 0.0418. The van der Waals surface area contributed by atoms with E-state index in [1.54, 1.807) is 37.3 Å². The number of halogens is 1. The first-order chi connectivity index (χ1) is 17.1. The largest absolute Gasteiger partial charge is 0.360 e. The van der Waals surface area contributed by atoms with Crippen LogP contribution in [-0.2, 0) is 20.9 Å². The van der Waals surface area contributed by atoms with Gasteiger partial charge < -0.3 is 20.1 Å². The second-order valence-electron chi connectivity index (χ2n) is 9.12. The van der Waals surface area contributed by atoms with E-state index >= 15 is 0 Å². The van der Waals surface area contributed by atoms with Gasteiger partial charge in [0, 0.05) is 39.9 Å². The van der Waals surface area contributed by atoms with E-state index in [0.717, 1.165) is 4.88 Å². The Kier molecular flexibility index (Phi) is 9.28. The van der Waals surface area contributed by atoms with Gasteiger partial charge in [-0.3, -0.25) is 14.4 Å². The molecule has 2 N–H and O–H groups in total. The zero-order valence-electron chi connectivity index (χ0n) is 20.8. The molecule has 3 rings (SSSR count). The average Bonchev–Trinajstić information content (AvgIpc) is 3.49. The number of benzene rings is 1. The SMILES string of the molecule is CCC(C)(C)NC(=O)[C@H](c1ccccc1Cl)N(Cc1cccs1)C(=O)CCC(=O)Nc1cc(C)on1. The van der Waals surface area contributed by atoms with Crippen molar-refractivity contribution in [2.75, 3.05) is 5.32 Å². The lowest BCUT2D eigenvalue weighted by molar-refractivity contribution is -0.142. The van der Waals surface area contributed by atoms with Gasteiger partial charge in [0.25, 0.3) is 0 Å². The van der Waals surface area contributed by atoms with Gasteiger partial charge in [-0.1, -0.05) is 47.9 Å². The Morgan fingerprint density at radius 1 is 1.17 bits per heavy atom. The number of aryl methyl sites for hydroxylation is 1. The predicted octanol–water partition coefficient (Wildman–Crippen LogP) is 5.49. The molecule has 1 atom stereocenters. The summed E-state index contributed by atoms with van der Waals surface area (Å²) in [4.78, 5) is 42.1. The Morgan fingerprint density at radius 3 is 2.53 bits per heavy atom. The smallest absolute Gasteiger partial charge is 0.247 e. The molecule has 0 unspecified atom stereocenters. The van der Waals surface area contributed by atoms with Crippen molar-refractivity contribution in [2.45, 2.75) is 65.1 Å². The van der Waals surface area contributed by atoms with E-state index in [-0.39, 0.29) is 42.9 Å². The number of amides is 3. The zero-order valence-corrected chi connectivity index (χ0v) is 22.4. The Hall–Kier alpha value is -3.17. The van der Waals surface area contributed by atoms with E-state index in [9.17, 15) is 14.4 Å². The summed E-state index contributed by atoms with van der Waals surface area (Å²) >= 11 is 8.01. The van der Waals surface area contributed by atoms with Gasteiger partial charge in [-0.15, -0.1) is 11.3 Å². The quantitative estimate of drug-likeness (QED) is 0.341. The van der Waals surface area contributed by atoms with Crippen molar-refractivity contribution in [1.29, 1.82) is 0 Å². The van der Waals surface area contributed by atoms with Crippen molar-refractivity contribution in [3.63, 3.8) is 0 Å². The van der Waals surface area contributed by atoms with Gasteiger partial charge in [-0.25, -0.2) is 0 Å². The molecule has 0 radical (unpaired) electrons. The number of hydrogen-bond acceptors (Lipinski definition) is 6. The maximum atomic E-state index is 13.7. The van der Waals surface area contributed by atoms with Crippen LogP contribution < -0.4 is 10.6 Å². The molecule has 0 bridgehead atoms. The highest BCUT2D eigenvalue weighted by atomic mass is 35.5. The average molecular weight is 531 g/mol. The number of carbonyl (C=O) groups is 3. The molecular weight excluding hydrogens is 500 g/mol. The topological polar surface area (TPSA) is 105 Å². The monoisotopic (exact) mass is 530 g/mol. The third-order valence-corrected chi connectivity index (χ3v) is 7.00. The summed E-state index contributed by atoms with van der Waals surface area (Å²) in [7, 11) is 0. The van der Waals surface area contributed by atoms with Crippen molar-refractivity contribution < 1.29 is 18.9 Å². The fraction of sp³-hybridized carbons (Fsp3) is 0.385. The Balaban J connectivity index is 1.89. The zero-order chi connectivity index (χ0) is 26.3. The normalized spacial score (nSPS) is 12.1. The molecule has 3 aromatic rings. The van der Waals surface area contributed by atoms with Gasteiger partial charge in [0.1, 0.15) is 11.8 Å². The molecule has 0 aliphatic carbocycles. The van der Waals surface area contributed by atoms with E-state index in [1.165, 1.54) is 16.2 Å². The fourth-order valence-corrected chi connectivity index (χ4v) is 4.47. The van der Waals surface area contributed by atoms with Crippen LogP contribution in [0.3, 0.4) is 0 Å². The summed E-state index contributed by atoms with van der Waals surface area (Å²) in [5, 5.41) is 11.7. The minimum Gasteiger partial charge on any atom is -0.360 e.